The number of aryl methyl sites for hydroxylation is 2. The first-order valence-corrected chi connectivity index (χ1v) is 12.6. The molecule has 5 amide bonds. The second-order valence-corrected chi connectivity index (χ2v) is 9.98. The molecule has 3 aliphatic rings. The molecule has 1 saturated heterocycles. The molecule has 2 N–H and O–H groups in total. The maximum Gasteiger partial charge on any atom is 0.417 e. The number of fused-ring (bicyclic) bond motifs is 3. The highest BCUT2D eigenvalue weighted by Crippen LogP contribution is 2.46. The lowest BCUT2D eigenvalue weighted by atomic mass is 9.90. The Morgan fingerprint density at radius 1 is 1.08 bits per heavy atom. The molecule has 12 heteroatoms. The Morgan fingerprint density at radius 2 is 1.82 bits per heavy atom. The molecule has 1 aliphatic carbocycles. The number of carbonyl (C=O) groups excluding carboxylic acids is 4. The number of urea groups is 1. The lowest BCUT2D eigenvalue weighted by Crippen LogP contribution is -2.56. The molecule has 5 rings (SSSR count). The second kappa shape index (κ2) is 9.90. The quantitative estimate of drug-likeness (QED) is 0.611. The Labute approximate surface area is 222 Å². The summed E-state index contributed by atoms with van der Waals surface area (Å²) in [6.07, 6.45) is -5.35. The lowest BCUT2D eigenvalue weighted by molar-refractivity contribution is -0.192. The Balaban J connectivity index is 1.33. The van der Waals surface area contributed by atoms with Gasteiger partial charge in [-0.15, -0.1) is 0 Å². The number of imide groups is 1. The summed E-state index contributed by atoms with van der Waals surface area (Å²) in [4.78, 5) is 52.3. The fourth-order valence-electron chi connectivity index (χ4n) is 5.66. The van der Waals surface area contributed by atoms with Crippen molar-refractivity contribution in [3.05, 3.63) is 64.7 Å². The maximum absolute atomic E-state index is 14.0. The van der Waals surface area contributed by atoms with Gasteiger partial charge in [0.1, 0.15) is 18.2 Å². The number of amides is 5. The molecule has 2 heterocycles. The molecule has 9 nitrogen and oxygen atoms in total. The molecular weight excluding hydrogens is 517 g/mol. The van der Waals surface area contributed by atoms with Crippen LogP contribution >= 0.6 is 0 Å². The van der Waals surface area contributed by atoms with Gasteiger partial charge >= 0.3 is 18.3 Å². The Kier molecular flexibility index (Phi) is 6.73. The second-order valence-electron chi connectivity index (χ2n) is 9.98. The van der Waals surface area contributed by atoms with Gasteiger partial charge in [0.2, 0.25) is 11.8 Å². The van der Waals surface area contributed by atoms with Crippen LogP contribution in [0.4, 0.5) is 28.4 Å². The van der Waals surface area contributed by atoms with Crippen molar-refractivity contribution in [1.82, 2.24) is 15.1 Å². The standard InChI is InChI=1S/C27H27F3N4O5/c1-31-24(37)32-19-7-8-20-17(12-19)10-11-26(20)13-22(35)34(25(38)39-26)15-23(36)33-14-18-5-3-2-4-16(18)6-9-21(33)27(28,29)30/h2-5,7-8,12,21H,6,9-11,13-15H2,1H3,(H2,31,32,37)/t21-,26-/m1/s1. The number of hydrogen-bond acceptors (Lipinski definition) is 5. The van der Waals surface area contributed by atoms with Gasteiger partial charge < -0.3 is 20.3 Å². The highest BCUT2D eigenvalue weighted by atomic mass is 19.4. The number of nitrogens with zero attached hydrogens (tertiary/aromatic N) is 2. The zero-order chi connectivity index (χ0) is 27.9. The van der Waals surface area contributed by atoms with Crippen molar-refractivity contribution in [2.75, 3.05) is 18.9 Å². The van der Waals surface area contributed by atoms with Crippen LogP contribution < -0.4 is 10.6 Å². The average molecular weight is 545 g/mol. The summed E-state index contributed by atoms with van der Waals surface area (Å²) in [6.45, 7) is -1.12. The minimum atomic E-state index is -4.67. The topological polar surface area (TPSA) is 108 Å². The van der Waals surface area contributed by atoms with Gasteiger partial charge in [-0.25, -0.2) is 14.5 Å². The van der Waals surface area contributed by atoms with E-state index in [0.29, 0.717) is 39.5 Å². The molecule has 39 heavy (non-hydrogen) atoms. The fourth-order valence-corrected chi connectivity index (χ4v) is 5.66. The van der Waals surface area contributed by atoms with Crippen LogP contribution in [0, 0.1) is 0 Å². The molecule has 1 spiro atoms. The largest absolute Gasteiger partial charge is 0.437 e. The van der Waals surface area contributed by atoms with E-state index < -0.39 is 48.3 Å². The van der Waals surface area contributed by atoms with E-state index in [0.717, 1.165) is 11.1 Å². The summed E-state index contributed by atoms with van der Waals surface area (Å²) in [5, 5.41) is 5.11. The molecule has 2 atom stereocenters. The normalized spacial score (nSPS) is 22.6. The van der Waals surface area contributed by atoms with Crippen LogP contribution in [0.25, 0.3) is 0 Å². The van der Waals surface area contributed by atoms with Crippen LogP contribution in [0.3, 0.4) is 0 Å². The van der Waals surface area contributed by atoms with Crippen molar-refractivity contribution in [2.24, 2.45) is 0 Å². The van der Waals surface area contributed by atoms with E-state index in [1.165, 1.54) is 7.05 Å². The Morgan fingerprint density at radius 3 is 2.51 bits per heavy atom. The van der Waals surface area contributed by atoms with Gasteiger partial charge in [0.05, 0.1) is 6.42 Å². The Hall–Kier alpha value is -4.09. The molecule has 2 aliphatic heterocycles. The van der Waals surface area contributed by atoms with Crippen molar-refractivity contribution in [1.29, 1.82) is 0 Å². The van der Waals surface area contributed by atoms with Crippen LogP contribution in [0.2, 0.25) is 0 Å². The summed E-state index contributed by atoms with van der Waals surface area (Å²) < 4.78 is 47.6. The van der Waals surface area contributed by atoms with E-state index in [4.69, 9.17) is 4.74 Å². The van der Waals surface area contributed by atoms with E-state index >= 15 is 0 Å². The highest BCUT2D eigenvalue weighted by molar-refractivity contribution is 5.99. The molecule has 2 aromatic rings. The van der Waals surface area contributed by atoms with Gasteiger partial charge in [0.25, 0.3) is 0 Å². The van der Waals surface area contributed by atoms with Gasteiger partial charge in [0.15, 0.2) is 0 Å². The molecule has 0 radical (unpaired) electrons. The van der Waals surface area contributed by atoms with Crippen molar-refractivity contribution in [2.45, 2.75) is 56.5 Å². The molecule has 0 unspecified atom stereocenters. The van der Waals surface area contributed by atoms with E-state index in [2.05, 4.69) is 10.6 Å². The van der Waals surface area contributed by atoms with Crippen LogP contribution in [-0.2, 0) is 39.3 Å². The van der Waals surface area contributed by atoms with Gasteiger partial charge in [-0.1, -0.05) is 30.3 Å². The monoisotopic (exact) mass is 544 g/mol. The molecular formula is C27H27F3N4O5. The third-order valence-corrected chi connectivity index (χ3v) is 7.63. The predicted molar refractivity (Wildman–Crippen MR) is 132 cm³/mol. The van der Waals surface area contributed by atoms with Crippen molar-refractivity contribution >= 4 is 29.6 Å². The number of hydrogen-bond donors (Lipinski definition) is 2. The van der Waals surface area contributed by atoms with E-state index in [9.17, 15) is 32.3 Å². The third-order valence-electron chi connectivity index (χ3n) is 7.63. The number of alkyl halides is 3. The minimum Gasteiger partial charge on any atom is -0.437 e. The number of halogens is 3. The molecule has 0 aromatic heterocycles. The van der Waals surface area contributed by atoms with E-state index in [-0.39, 0.29) is 25.8 Å². The number of anilines is 1. The number of nitrogens with one attached hydrogen (secondary N) is 2. The Bertz CT molecular complexity index is 1330. The van der Waals surface area contributed by atoms with Crippen molar-refractivity contribution in [3.63, 3.8) is 0 Å². The molecule has 1 fully saturated rings. The fraction of sp³-hybridized carbons (Fsp3) is 0.407. The van der Waals surface area contributed by atoms with Crippen molar-refractivity contribution in [3.8, 4) is 0 Å². The molecule has 2 aromatic carbocycles. The SMILES string of the molecule is CNC(=O)Nc1ccc2c(c1)CC[C@@]21CC(=O)N(CC(=O)N2Cc3ccccc3CC[C@@H]2C(F)(F)F)C(=O)O1. The minimum absolute atomic E-state index is 0.150. The van der Waals surface area contributed by atoms with E-state index in [1.54, 1.807) is 42.5 Å². The van der Waals surface area contributed by atoms with Gasteiger partial charge in [-0.3, -0.25) is 9.59 Å². The number of ether oxygens (including phenoxy) is 1. The number of benzene rings is 2. The first kappa shape index (κ1) is 26.5. The first-order chi connectivity index (χ1) is 18.5. The van der Waals surface area contributed by atoms with Gasteiger partial charge in [-0.2, -0.15) is 13.2 Å². The average Bonchev–Trinajstić information content (AvgIpc) is 3.08. The van der Waals surface area contributed by atoms with Crippen LogP contribution in [0.1, 0.15) is 41.5 Å². The van der Waals surface area contributed by atoms with Gasteiger partial charge in [0, 0.05) is 19.3 Å². The smallest absolute Gasteiger partial charge is 0.417 e. The zero-order valence-electron chi connectivity index (χ0n) is 21.1. The summed E-state index contributed by atoms with van der Waals surface area (Å²) in [6, 6.07) is 9.43. The molecule has 206 valence electrons. The number of rotatable bonds is 3. The summed E-state index contributed by atoms with van der Waals surface area (Å²) in [5.74, 6) is -1.68. The van der Waals surface area contributed by atoms with E-state index in [1.807, 2.05) is 0 Å². The lowest BCUT2D eigenvalue weighted by Gasteiger charge is -2.39. The zero-order valence-corrected chi connectivity index (χ0v) is 21.1. The van der Waals surface area contributed by atoms with Crippen LogP contribution in [0.15, 0.2) is 42.5 Å². The molecule has 0 saturated carbocycles. The third kappa shape index (κ3) is 5.02. The maximum atomic E-state index is 14.0. The summed E-state index contributed by atoms with van der Waals surface area (Å²) >= 11 is 0. The molecule has 0 bridgehead atoms. The van der Waals surface area contributed by atoms with Crippen LogP contribution in [0.5, 0.6) is 0 Å². The number of carbonyl (C=O) groups is 4. The summed E-state index contributed by atoms with van der Waals surface area (Å²) in [7, 11) is 1.48. The highest BCUT2D eigenvalue weighted by Gasteiger charge is 2.52. The van der Waals surface area contributed by atoms with Crippen LogP contribution in [-0.4, -0.2) is 59.5 Å². The first-order valence-electron chi connectivity index (χ1n) is 12.6. The van der Waals surface area contributed by atoms with Gasteiger partial charge in [-0.05, 0) is 60.1 Å². The predicted octanol–water partition coefficient (Wildman–Crippen LogP) is 3.85. The summed E-state index contributed by atoms with van der Waals surface area (Å²) in [5.41, 5.74) is 2.04. The van der Waals surface area contributed by atoms with Crippen molar-refractivity contribution < 1.29 is 37.1 Å².